The Balaban J connectivity index is 1.31. The molecular formula is C23H19FN8O5S. The maximum atomic E-state index is 13.4. The van der Waals surface area contributed by atoms with Gasteiger partial charge in [0.15, 0.2) is 9.84 Å². The van der Waals surface area contributed by atoms with Crippen LogP contribution < -0.4 is 16.3 Å². The minimum Gasteiger partial charge on any atom is -0.347 e. The van der Waals surface area contributed by atoms with Crippen LogP contribution >= 0.6 is 0 Å². The smallest absolute Gasteiger partial charge is 0.347 e. The third-order valence-corrected chi connectivity index (χ3v) is 7.72. The number of tetrazole rings is 1. The Labute approximate surface area is 214 Å². The van der Waals surface area contributed by atoms with E-state index in [1.165, 1.54) is 30.3 Å². The first kappa shape index (κ1) is 24.9. The van der Waals surface area contributed by atoms with Crippen molar-refractivity contribution in [3.05, 3.63) is 93.2 Å². The Bertz CT molecular complexity index is 1750. The van der Waals surface area contributed by atoms with E-state index in [1.54, 1.807) is 19.1 Å². The fourth-order valence-electron chi connectivity index (χ4n) is 4.02. The molecule has 0 bridgehead atoms. The van der Waals surface area contributed by atoms with Crippen LogP contribution in [0.25, 0.3) is 5.69 Å². The van der Waals surface area contributed by atoms with Crippen molar-refractivity contribution in [2.75, 3.05) is 5.75 Å². The van der Waals surface area contributed by atoms with Gasteiger partial charge in [0.05, 0.1) is 22.4 Å². The van der Waals surface area contributed by atoms with Crippen LogP contribution in [0.4, 0.5) is 4.39 Å². The fraction of sp³-hybridized carbons (Fsp3) is 0.174. The van der Waals surface area contributed by atoms with E-state index in [1.807, 2.05) is 0 Å². The summed E-state index contributed by atoms with van der Waals surface area (Å²) in [6.45, 7) is 1.73. The van der Waals surface area contributed by atoms with Gasteiger partial charge in [0, 0.05) is 12.6 Å². The van der Waals surface area contributed by atoms with Crippen molar-refractivity contribution in [2.24, 2.45) is 0 Å². The molecule has 0 spiro atoms. The van der Waals surface area contributed by atoms with E-state index in [2.05, 4.69) is 36.1 Å². The predicted octanol–water partition coefficient (Wildman–Crippen LogP) is 0.382. The summed E-state index contributed by atoms with van der Waals surface area (Å²) in [5.41, 5.74) is 0.797. The van der Waals surface area contributed by atoms with Gasteiger partial charge >= 0.3 is 5.69 Å². The van der Waals surface area contributed by atoms with Crippen molar-refractivity contribution in [3.63, 3.8) is 0 Å². The normalized spacial score (nSPS) is 15.6. The number of H-pyrrole nitrogens is 1. The van der Waals surface area contributed by atoms with Crippen LogP contribution in [0, 0.1) is 12.7 Å². The summed E-state index contributed by atoms with van der Waals surface area (Å²) in [6, 6.07) is 9.01. The SMILES string of the molecule is Cc1cc(CNC(=O)c2cc(C(=O)N[C@H]3CS(=O)(=O)c4cc(-n5nn[nH]c5=O)ccc43)ncn2)ccc1F. The Morgan fingerprint density at radius 3 is 2.58 bits per heavy atom. The van der Waals surface area contributed by atoms with Crippen LogP contribution in [0.1, 0.15) is 43.7 Å². The number of aromatic amines is 1. The Morgan fingerprint density at radius 1 is 1.11 bits per heavy atom. The van der Waals surface area contributed by atoms with E-state index in [0.29, 0.717) is 16.7 Å². The van der Waals surface area contributed by atoms with Crippen molar-refractivity contribution in [1.29, 1.82) is 0 Å². The van der Waals surface area contributed by atoms with Crippen LogP contribution in [-0.4, -0.2) is 56.2 Å². The Morgan fingerprint density at radius 2 is 1.87 bits per heavy atom. The maximum Gasteiger partial charge on any atom is 0.365 e. The molecule has 2 amide bonds. The zero-order valence-corrected chi connectivity index (χ0v) is 20.5. The quantitative estimate of drug-likeness (QED) is 0.313. The number of rotatable bonds is 6. The van der Waals surface area contributed by atoms with Crippen molar-refractivity contribution >= 4 is 21.7 Å². The highest BCUT2D eigenvalue weighted by molar-refractivity contribution is 7.91. The molecule has 0 saturated carbocycles. The second-order valence-corrected chi connectivity index (χ2v) is 10.5. The molecule has 15 heteroatoms. The van der Waals surface area contributed by atoms with Gasteiger partial charge in [0.25, 0.3) is 11.8 Å². The summed E-state index contributed by atoms with van der Waals surface area (Å²) < 4.78 is 39.9. The third kappa shape index (κ3) is 4.78. The number of sulfone groups is 1. The van der Waals surface area contributed by atoms with Gasteiger partial charge in [-0.3, -0.25) is 9.59 Å². The number of carbonyl (C=O) groups is 2. The van der Waals surface area contributed by atoms with Gasteiger partial charge in [-0.2, -0.15) is 4.68 Å². The van der Waals surface area contributed by atoms with E-state index < -0.39 is 39.1 Å². The molecule has 38 heavy (non-hydrogen) atoms. The first-order valence-electron chi connectivity index (χ1n) is 11.2. The van der Waals surface area contributed by atoms with Crippen LogP contribution in [0.3, 0.4) is 0 Å². The maximum absolute atomic E-state index is 13.4. The zero-order valence-electron chi connectivity index (χ0n) is 19.7. The van der Waals surface area contributed by atoms with Crippen molar-refractivity contribution in [3.8, 4) is 5.69 Å². The summed E-state index contributed by atoms with van der Waals surface area (Å²) in [6.07, 6.45) is 1.05. The lowest BCUT2D eigenvalue weighted by Crippen LogP contribution is -2.31. The molecule has 0 radical (unpaired) electrons. The second kappa shape index (κ2) is 9.59. The van der Waals surface area contributed by atoms with E-state index in [0.717, 1.165) is 11.0 Å². The molecule has 1 aliphatic heterocycles. The number of amides is 2. The molecule has 13 nitrogen and oxygen atoms in total. The van der Waals surface area contributed by atoms with Gasteiger partial charge in [0.1, 0.15) is 23.5 Å². The average molecular weight is 539 g/mol. The molecule has 1 atom stereocenters. The molecule has 3 heterocycles. The molecule has 1 aliphatic rings. The van der Waals surface area contributed by atoms with Crippen LogP contribution in [0.15, 0.2) is 58.5 Å². The van der Waals surface area contributed by atoms with Crippen LogP contribution in [-0.2, 0) is 16.4 Å². The van der Waals surface area contributed by atoms with Crippen LogP contribution in [0.2, 0.25) is 0 Å². The first-order valence-corrected chi connectivity index (χ1v) is 12.8. The number of aromatic nitrogens is 6. The zero-order chi connectivity index (χ0) is 27.0. The number of hydrogen-bond acceptors (Lipinski definition) is 9. The molecule has 0 aliphatic carbocycles. The lowest BCUT2D eigenvalue weighted by atomic mass is 10.1. The summed E-state index contributed by atoms with van der Waals surface area (Å²) in [5, 5.41) is 14.4. The number of nitrogens with zero attached hydrogens (tertiary/aromatic N) is 5. The Hall–Kier alpha value is -4.79. The molecule has 3 N–H and O–H groups in total. The molecule has 5 rings (SSSR count). The highest BCUT2D eigenvalue weighted by Gasteiger charge is 2.36. The molecule has 2 aromatic carbocycles. The number of fused-ring (bicyclic) bond motifs is 1. The standard InChI is InChI=1S/C23H19FN8O5S/c1-12-6-13(2-5-16(12)24)9-25-21(33)17-8-18(27-11-26-17)22(34)28-19-10-38(36,37)20-7-14(3-4-15(19)20)32-23(35)29-30-31-32/h2-8,11,19H,9-10H2,1H3,(H,25,33)(H,28,34)(H,29,31,35)/t19-/m0/s1. The number of hydrogen-bond donors (Lipinski definition) is 3. The molecule has 0 fully saturated rings. The molecule has 194 valence electrons. The molecule has 0 saturated heterocycles. The number of nitrogens with one attached hydrogen (secondary N) is 3. The highest BCUT2D eigenvalue weighted by Crippen LogP contribution is 2.34. The average Bonchev–Trinajstić information content (AvgIpc) is 3.44. The van der Waals surface area contributed by atoms with Gasteiger partial charge < -0.3 is 10.6 Å². The monoisotopic (exact) mass is 538 g/mol. The molecule has 0 unspecified atom stereocenters. The lowest BCUT2D eigenvalue weighted by molar-refractivity contribution is 0.0935. The minimum absolute atomic E-state index is 0.0472. The van der Waals surface area contributed by atoms with Gasteiger partial charge in [0.2, 0.25) is 0 Å². The van der Waals surface area contributed by atoms with E-state index in [-0.39, 0.29) is 34.3 Å². The van der Waals surface area contributed by atoms with E-state index in [9.17, 15) is 27.2 Å². The predicted molar refractivity (Wildman–Crippen MR) is 129 cm³/mol. The van der Waals surface area contributed by atoms with Crippen molar-refractivity contribution in [1.82, 2.24) is 40.8 Å². The van der Waals surface area contributed by atoms with Crippen molar-refractivity contribution < 1.29 is 22.4 Å². The van der Waals surface area contributed by atoms with Crippen molar-refractivity contribution in [2.45, 2.75) is 24.4 Å². The summed E-state index contributed by atoms with van der Waals surface area (Å²) >= 11 is 0. The van der Waals surface area contributed by atoms with Gasteiger partial charge in [-0.15, -0.1) is 0 Å². The van der Waals surface area contributed by atoms with Gasteiger partial charge in [-0.05, 0) is 52.2 Å². The van der Waals surface area contributed by atoms with E-state index in [4.69, 9.17) is 0 Å². The molecule has 2 aromatic heterocycles. The summed E-state index contributed by atoms with van der Waals surface area (Å²) in [7, 11) is -3.78. The largest absolute Gasteiger partial charge is 0.365 e. The Kier molecular flexibility index (Phi) is 6.28. The topological polar surface area (TPSA) is 182 Å². The third-order valence-electron chi connectivity index (χ3n) is 5.92. The molecule has 4 aromatic rings. The van der Waals surface area contributed by atoms with Gasteiger partial charge in [-0.25, -0.2) is 32.7 Å². The minimum atomic E-state index is -3.78. The fourth-order valence-corrected chi connectivity index (χ4v) is 5.78. The number of benzene rings is 2. The number of halogens is 1. The summed E-state index contributed by atoms with van der Waals surface area (Å²) in [5.74, 6) is -2.04. The second-order valence-electron chi connectivity index (χ2n) is 8.50. The van der Waals surface area contributed by atoms with Crippen LogP contribution in [0.5, 0.6) is 0 Å². The van der Waals surface area contributed by atoms with Gasteiger partial charge in [-0.1, -0.05) is 18.2 Å². The summed E-state index contributed by atoms with van der Waals surface area (Å²) in [4.78, 5) is 45.0. The molecular weight excluding hydrogens is 519 g/mol. The number of carbonyl (C=O) groups excluding carboxylic acids is 2. The lowest BCUT2D eigenvalue weighted by Gasteiger charge is -2.13. The highest BCUT2D eigenvalue weighted by atomic mass is 32.2. The number of aryl methyl sites for hydroxylation is 1. The van der Waals surface area contributed by atoms with E-state index >= 15 is 0 Å². The first-order chi connectivity index (χ1) is 18.1.